The van der Waals surface area contributed by atoms with Crippen molar-refractivity contribution in [3.8, 4) is 5.75 Å². The molecule has 8 nitrogen and oxygen atoms in total. The van der Waals surface area contributed by atoms with Crippen molar-refractivity contribution < 1.29 is 23.8 Å². The number of ether oxygens (including phenoxy) is 3. The summed E-state index contributed by atoms with van der Waals surface area (Å²) < 4.78 is 15.9. The Morgan fingerprint density at radius 1 is 1.16 bits per heavy atom. The monoisotopic (exact) mass is 437 g/mol. The van der Waals surface area contributed by atoms with Crippen LogP contribution in [0, 0.1) is 5.92 Å². The van der Waals surface area contributed by atoms with E-state index in [0.29, 0.717) is 36.5 Å². The average molecular weight is 437 g/mol. The van der Waals surface area contributed by atoms with E-state index >= 15 is 0 Å². The number of benzene rings is 2. The lowest BCUT2D eigenvalue weighted by molar-refractivity contribution is -0.142. The van der Waals surface area contributed by atoms with Crippen molar-refractivity contribution >= 4 is 18.0 Å². The fraction of sp³-hybridized carbons (Fsp3) is 0.375. The third kappa shape index (κ3) is 5.15. The zero-order chi connectivity index (χ0) is 22.5. The molecule has 0 radical (unpaired) electrons. The quantitative estimate of drug-likeness (QED) is 0.419. The van der Waals surface area contributed by atoms with E-state index in [4.69, 9.17) is 19.9 Å². The second-order valence-corrected chi connectivity index (χ2v) is 7.91. The van der Waals surface area contributed by atoms with E-state index < -0.39 is 6.23 Å². The molecule has 0 aromatic heterocycles. The largest absolute Gasteiger partial charge is 0.475 e. The molecule has 168 valence electrons. The van der Waals surface area contributed by atoms with E-state index in [1.54, 1.807) is 30.5 Å². The molecular weight excluding hydrogens is 410 g/mol. The lowest BCUT2D eigenvalue weighted by Gasteiger charge is -2.30. The molecule has 2 aliphatic rings. The van der Waals surface area contributed by atoms with Gasteiger partial charge in [-0.25, -0.2) is 0 Å². The minimum Gasteiger partial charge on any atom is -0.475 e. The molecular formula is C24H27N3O5. The van der Waals surface area contributed by atoms with Crippen molar-refractivity contribution in [2.45, 2.75) is 19.1 Å². The molecule has 0 spiro atoms. The first-order valence-corrected chi connectivity index (χ1v) is 10.7. The number of ketones is 1. The second kappa shape index (κ2) is 9.93. The molecule has 0 bridgehead atoms. The van der Waals surface area contributed by atoms with E-state index in [-0.39, 0.29) is 24.1 Å². The van der Waals surface area contributed by atoms with E-state index in [1.165, 1.54) is 7.11 Å². The summed E-state index contributed by atoms with van der Waals surface area (Å²) in [4.78, 5) is 24.6. The normalized spacial score (nSPS) is 20.5. The van der Waals surface area contributed by atoms with Gasteiger partial charge in [-0.15, -0.1) is 0 Å². The van der Waals surface area contributed by atoms with Crippen LogP contribution in [0.2, 0.25) is 0 Å². The number of hydrogen-bond donors (Lipinski definition) is 1. The number of carbonyl (C=O) groups excluding carboxylic acids is 2. The highest BCUT2D eigenvalue weighted by Gasteiger charge is 2.30. The Hall–Kier alpha value is -3.23. The smallest absolute Gasteiger partial charge is 0.305 e. The third-order valence-corrected chi connectivity index (χ3v) is 5.73. The van der Waals surface area contributed by atoms with Gasteiger partial charge in [-0.05, 0) is 23.6 Å². The van der Waals surface area contributed by atoms with Gasteiger partial charge >= 0.3 is 5.97 Å². The van der Waals surface area contributed by atoms with Gasteiger partial charge in [0.05, 0.1) is 46.0 Å². The lowest BCUT2D eigenvalue weighted by Crippen LogP contribution is -2.41. The van der Waals surface area contributed by atoms with Crippen molar-refractivity contribution in [1.82, 2.24) is 5.01 Å². The maximum absolute atomic E-state index is 13.0. The Morgan fingerprint density at radius 2 is 1.88 bits per heavy atom. The van der Waals surface area contributed by atoms with E-state index in [2.05, 4.69) is 5.10 Å². The fourth-order valence-electron chi connectivity index (χ4n) is 3.81. The first kappa shape index (κ1) is 22.0. The number of nitrogens with zero attached hydrogens (tertiary/aromatic N) is 2. The van der Waals surface area contributed by atoms with E-state index in [9.17, 15) is 9.59 Å². The molecule has 8 heteroatoms. The number of fused-ring (bicyclic) bond motifs is 1. The highest BCUT2D eigenvalue weighted by Crippen LogP contribution is 2.32. The van der Waals surface area contributed by atoms with Crippen LogP contribution in [-0.2, 0) is 20.7 Å². The minimum atomic E-state index is -0.628. The standard InChI is InChI=1S/C24H27N3O5/c1-30-22(28)14-20-12-18-6-7-19(13-21(18)32-24(20)25)23(29)17-4-2-16(3-5-17)15-26-27-8-10-31-11-9-27/h2-7,13,15,20,24H,8-12,14,25H2,1H3. The van der Waals surface area contributed by atoms with Crippen LogP contribution in [0.25, 0.3) is 0 Å². The molecule has 2 unspecified atom stereocenters. The minimum absolute atomic E-state index is 0.0988. The summed E-state index contributed by atoms with van der Waals surface area (Å²) in [5.41, 5.74) is 9.04. The van der Waals surface area contributed by atoms with Crippen molar-refractivity contribution in [1.29, 1.82) is 0 Å². The number of carbonyl (C=O) groups is 2. The van der Waals surface area contributed by atoms with Crippen molar-refractivity contribution in [2.24, 2.45) is 16.8 Å². The number of nitrogens with two attached hydrogens (primary N) is 1. The number of morpholine rings is 1. The van der Waals surface area contributed by atoms with Crippen LogP contribution >= 0.6 is 0 Å². The topological polar surface area (TPSA) is 103 Å². The summed E-state index contributed by atoms with van der Waals surface area (Å²) in [6.07, 6.45) is 1.95. The lowest BCUT2D eigenvalue weighted by atomic mass is 9.90. The van der Waals surface area contributed by atoms with Crippen molar-refractivity contribution in [2.75, 3.05) is 33.4 Å². The Bertz CT molecular complexity index is 999. The van der Waals surface area contributed by atoms with E-state index in [1.807, 2.05) is 23.2 Å². The van der Waals surface area contributed by atoms with Crippen LogP contribution in [0.15, 0.2) is 47.6 Å². The average Bonchev–Trinajstić information content (AvgIpc) is 2.83. The van der Waals surface area contributed by atoms with Crippen LogP contribution in [-0.4, -0.2) is 62.6 Å². The fourth-order valence-corrected chi connectivity index (χ4v) is 3.81. The number of hydrazone groups is 1. The highest BCUT2D eigenvalue weighted by molar-refractivity contribution is 6.09. The summed E-state index contributed by atoms with van der Waals surface area (Å²) in [5.74, 6) is 0.00274. The molecule has 2 atom stereocenters. The first-order valence-electron chi connectivity index (χ1n) is 10.7. The summed E-state index contributed by atoms with van der Waals surface area (Å²) >= 11 is 0. The molecule has 2 aromatic carbocycles. The molecule has 2 heterocycles. The Morgan fingerprint density at radius 3 is 2.59 bits per heavy atom. The Labute approximate surface area is 186 Å². The summed E-state index contributed by atoms with van der Waals surface area (Å²) in [6, 6.07) is 12.7. The predicted octanol–water partition coefficient (Wildman–Crippen LogP) is 1.98. The van der Waals surface area contributed by atoms with Crippen molar-refractivity contribution in [3.05, 3.63) is 64.7 Å². The number of hydrogen-bond acceptors (Lipinski definition) is 8. The van der Waals surface area contributed by atoms with Gasteiger partial charge in [-0.2, -0.15) is 5.10 Å². The maximum atomic E-state index is 13.0. The van der Waals surface area contributed by atoms with Gasteiger partial charge in [-0.1, -0.05) is 36.4 Å². The molecule has 2 N–H and O–H groups in total. The molecule has 0 aliphatic carbocycles. The SMILES string of the molecule is COC(=O)CC1Cc2ccc(C(=O)c3ccc(C=NN4CCOCC4)cc3)cc2OC1N. The molecule has 0 amide bonds. The second-order valence-electron chi connectivity index (χ2n) is 7.91. The molecule has 1 saturated heterocycles. The predicted molar refractivity (Wildman–Crippen MR) is 119 cm³/mol. The van der Waals surface area contributed by atoms with Gasteiger partial charge in [0.2, 0.25) is 0 Å². The Balaban J connectivity index is 1.43. The van der Waals surface area contributed by atoms with Gasteiger partial charge < -0.3 is 14.2 Å². The van der Waals surface area contributed by atoms with Crippen LogP contribution in [0.5, 0.6) is 5.75 Å². The highest BCUT2D eigenvalue weighted by atomic mass is 16.5. The van der Waals surface area contributed by atoms with Crippen LogP contribution in [0.3, 0.4) is 0 Å². The van der Waals surface area contributed by atoms with E-state index in [0.717, 1.165) is 24.2 Å². The Kier molecular flexibility index (Phi) is 6.82. The first-order chi connectivity index (χ1) is 15.5. The summed E-state index contributed by atoms with van der Waals surface area (Å²) in [6.45, 7) is 2.93. The molecule has 2 aromatic rings. The maximum Gasteiger partial charge on any atom is 0.305 e. The van der Waals surface area contributed by atoms with Crippen LogP contribution < -0.4 is 10.5 Å². The summed E-state index contributed by atoms with van der Waals surface area (Å²) in [7, 11) is 1.35. The molecule has 0 saturated carbocycles. The number of rotatable bonds is 6. The van der Waals surface area contributed by atoms with Crippen molar-refractivity contribution in [3.63, 3.8) is 0 Å². The number of methoxy groups -OCH3 is 1. The summed E-state index contributed by atoms with van der Waals surface area (Å²) in [5, 5.41) is 6.43. The van der Waals surface area contributed by atoms with Gasteiger partial charge in [0.25, 0.3) is 0 Å². The van der Waals surface area contributed by atoms with Gasteiger partial charge in [-0.3, -0.25) is 20.3 Å². The zero-order valence-corrected chi connectivity index (χ0v) is 18.0. The van der Waals surface area contributed by atoms with Gasteiger partial charge in [0, 0.05) is 17.0 Å². The van der Waals surface area contributed by atoms with Crippen LogP contribution in [0.4, 0.5) is 0 Å². The molecule has 1 fully saturated rings. The molecule has 4 rings (SSSR count). The zero-order valence-electron chi connectivity index (χ0n) is 18.0. The molecule has 2 aliphatic heterocycles. The van der Waals surface area contributed by atoms with Crippen LogP contribution in [0.1, 0.15) is 33.5 Å². The third-order valence-electron chi connectivity index (χ3n) is 5.73. The molecule has 32 heavy (non-hydrogen) atoms. The van der Waals surface area contributed by atoms with Gasteiger partial charge in [0.1, 0.15) is 5.75 Å². The number of esters is 1. The van der Waals surface area contributed by atoms with Gasteiger partial charge in [0.15, 0.2) is 12.0 Å².